The monoisotopic (exact) mass is 392 g/mol. The molecule has 138 valence electrons. The summed E-state index contributed by atoms with van der Waals surface area (Å²) in [5, 5.41) is 26.4. The van der Waals surface area contributed by atoms with Gasteiger partial charge in [0.1, 0.15) is 11.3 Å². The van der Waals surface area contributed by atoms with Crippen molar-refractivity contribution in [2.75, 3.05) is 5.32 Å². The Kier molecular flexibility index (Phi) is 4.60. The summed E-state index contributed by atoms with van der Waals surface area (Å²) in [6, 6.07) is 13.3. The van der Waals surface area contributed by atoms with Gasteiger partial charge in [0, 0.05) is 29.5 Å². The molecule has 2 aromatic heterocycles. The molecule has 2 heterocycles. The molecule has 0 saturated carbocycles. The first kappa shape index (κ1) is 17.5. The number of hydrogen-bond donors (Lipinski definition) is 1. The molecule has 1 N–H and O–H groups in total. The summed E-state index contributed by atoms with van der Waals surface area (Å²) in [6.07, 6.45) is 4.39. The highest BCUT2D eigenvalue weighted by Crippen LogP contribution is 2.25. The third-order valence-electron chi connectivity index (χ3n) is 3.79. The lowest BCUT2D eigenvalue weighted by atomic mass is 10.2. The van der Waals surface area contributed by atoms with E-state index in [1.54, 1.807) is 28.8 Å². The van der Waals surface area contributed by atoms with Crippen LogP contribution in [-0.4, -0.2) is 30.6 Å². The van der Waals surface area contributed by atoms with Crippen molar-refractivity contribution in [3.8, 4) is 10.6 Å². The Morgan fingerprint density at radius 1 is 1.21 bits per heavy atom. The minimum Gasteiger partial charge on any atom is -0.323 e. The van der Waals surface area contributed by atoms with Gasteiger partial charge in [-0.1, -0.05) is 23.5 Å². The van der Waals surface area contributed by atoms with Gasteiger partial charge >= 0.3 is 0 Å². The first-order valence-corrected chi connectivity index (χ1v) is 8.91. The molecule has 28 heavy (non-hydrogen) atoms. The largest absolute Gasteiger partial charge is 0.323 e. The van der Waals surface area contributed by atoms with E-state index in [0.717, 1.165) is 10.6 Å². The van der Waals surface area contributed by atoms with Crippen LogP contribution in [0.15, 0.2) is 60.9 Å². The Bertz CT molecular complexity index is 1170. The standard InChI is InChI=1S/C18H12N6O3S/c25-16(9-4-12-2-1-3-15(10-12)24(26)27)20-14-7-5-13(6-8-14)17-22-23-11-19-21-18(23)28-17/h1-11H,(H,20,25). The van der Waals surface area contributed by atoms with Gasteiger partial charge in [0.2, 0.25) is 10.9 Å². The van der Waals surface area contributed by atoms with Gasteiger partial charge in [-0.15, -0.1) is 10.2 Å². The molecule has 1 amide bonds. The van der Waals surface area contributed by atoms with Gasteiger partial charge < -0.3 is 5.32 Å². The number of rotatable bonds is 5. The zero-order chi connectivity index (χ0) is 19.5. The molecule has 10 heteroatoms. The second kappa shape index (κ2) is 7.37. The van der Waals surface area contributed by atoms with Crippen molar-refractivity contribution in [2.45, 2.75) is 0 Å². The average Bonchev–Trinajstić information content (AvgIpc) is 3.29. The summed E-state index contributed by atoms with van der Waals surface area (Å²) >= 11 is 1.42. The molecule has 0 fully saturated rings. The van der Waals surface area contributed by atoms with Gasteiger partial charge in [0.15, 0.2) is 0 Å². The number of hydrogen-bond acceptors (Lipinski definition) is 7. The van der Waals surface area contributed by atoms with Crippen molar-refractivity contribution in [3.05, 3.63) is 76.6 Å². The van der Waals surface area contributed by atoms with Gasteiger partial charge in [0.25, 0.3) is 5.69 Å². The van der Waals surface area contributed by atoms with Crippen LogP contribution in [0, 0.1) is 10.1 Å². The molecular weight excluding hydrogens is 380 g/mol. The van der Waals surface area contributed by atoms with Crippen LogP contribution in [0.1, 0.15) is 5.56 Å². The predicted octanol–water partition coefficient (Wildman–Crippen LogP) is 3.41. The number of non-ortho nitro benzene ring substituents is 1. The Hall–Kier alpha value is -3.92. The van der Waals surface area contributed by atoms with Crippen molar-refractivity contribution in [1.29, 1.82) is 0 Å². The number of nitrogens with zero attached hydrogens (tertiary/aromatic N) is 5. The van der Waals surface area contributed by atoms with Crippen LogP contribution in [0.2, 0.25) is 0 Å². The Morgan fingerprint density at radius 2 is 2.04 bits per heavy atom. The fourth-order valence-electron chi connectivity index (χ4n) is 2.47. The highest BCUT2D eigenvalue weighted by molar-refractivity contribution is 7.19. The van der Waals surface area contributed by atoms with Gasteiger partial charge in [-0.2, -0.15) is 9.61 Å². The molecule has 0 aliphatic carbocycles. The number of nitrogens with one attached hydrogen (secondary N) is 1. The molecule has 0 saturated heterocycles. The van der Waals surface area contributed by atoms with E-state index < -0.39 is 4.92 Å². The first-order chi connectivity index (χ1) is 13.6. The Balaban J connectivity index is 1.42. The van der Waals surface area contributed by atoms with Crippen molar-refractivity contribution >= 4 is 39.7 Å². The molecule has 0 bridgehead atoms. The number of anilines is 1. The smallest absolute Gasteiger partial charge is 0.270 e. The van der Waals surface area contributed by atoms with Crippen molar-refractivity contribution < 1.29 is 9.72 Å². The van der Waals surface area contributed by atoms with E-state index >= 15 is 0 Å². The SMILES string of the molecule is O=C(C=Cc1cccc([N+](=O)[O-])c1)Nc1ccc(-c2nn3cnnc3s2)cc1. The zero-order valence-electron chi connectivity index (χ0n) is 14.2. The van der Waals surface area contributed by atoms with Crippen LogP contribution >= 0.6 is 11.3 Å². The van der Waals surface area contributed by atoms with E-state index in [9.17, 15) is 14.9 Å². The molecule has 0 aliphatic heterocycles. The fourth-order valence-corrected chi connectivity index (χ4v) is 3.30. The van der Waals surface area contributed by atoms with Gasteiger partial charge in [-0.25, -0.2) is 0 Å². The summed E-state index contributed by atoms with van der Waals surface area (Å²) in [6.45, 7) is 0. The van der Waals surface area contributed by atoms with Crippen LogP contribution in [0.5, 0.6) is 0 Å². The van der Waals surface area contributed by atoms with Crippen LogP contribution in [0.25, 0.3) is 21.6 Å². The molecule has 4 rings (SSSR count). The Morgan fingerprint density at radius 3 is 2.79 bits per heavy atom. The lowest BCUT2D eigenvalue weighted by Gasteiger charge is -2.03. The highest BCUT2D eigenvalue weighted by Gasteiger charge is 2.08. The number of aromatic nitrogens is 4. The first-order valence-electron chi connectivity index (χ1n) is 8.09. The minimum atomic E-state index is -0.477. The molecule has 0 radical (unpaired) electrons. The lowest BCUT2D eigenvalue weighted by molar-refractivity contribution is -0.384. The molecule has 9 nitrogen and oxygen atoms in total. The van der Waals surface area contributed by atoms with Crippen LogP contribution in [-0.2, 0) is 4.79 Å². The topological polar surface area (TPSA) is 115 Å². The van der Waals surface area contributed by atoms with Crippen molar-refractivity contribution in [1.82, 2.24) is 19.8 Å². The number of nitro groups is 1. The predicted molar refractivity (Wildman–Crippen MR) is 105 cm³/mol. The maximum absolute atomic E-state index is 12.1. The third kappa shape index (κ3) is 3.76. The molecule has 0 spiro atoms. The molecule has 2 aromatic carbocycles. The second-order valence-electron chi connectivity index (χ2n) is 5.72. The second-order valence-corrected chi connectivity index (χ2v) is 6.67. The summed E-state index contributed by atoms with van der Waals surface area (Å²) < 4.78 is 1.61. The fraction of sp³-hybridized carbons (Fsp3) is 0. The van der Waals surface area contributed by atoms with E-state index in [2.05, 4.69) is 20.6 Å². The van der Waals surface area contributed by atoms with E-state index in [-0.39, 0.29) is 11.6 Å². The molecule has 0 unspecified atom stereocenters. The molecule has 0 aliphatic rings. The maximum atomic E-state index is 12.1. The van der Waals surface area contributed by atoms with Crippen LogP contribution in [0.4, 0.5) is 11.4 Å². The normalized spacial score (nSPS) is 11.1. The van der Waals surface area contributed by atoms with Gasteiger partial charge in [-0.05, 0) is 35.9 Å². The van der Waals surface area contributed by atoms with Crippen molar-refractivity contribution in [3.63, 3.8) is 0 Å². The Labute approximate surface area is 162 Å². The molecule has 0 atom stereocenters. The average molecular weight is 392 g/mol. The number of amides is 1. The summed E-state index contributed by atoms with van der Waals surface area (Å²) in [7, 11) is 0. The summed E-state index contributed by atoms with van der Waals surface area (Å²) in [5.74, 6) is -0.335. The number of carbonyl (C=O) groups is 1. The highest BCUT2D eigenvalue weighted by atomic mass is 32.1. The van der Waals surface area contributed by atoms with E-state index in [1.807, 2.05) is 12.1 Å². The van der Waals surface area contributed by atoms with E-state index in [4.69, 9.17) is 0 Å². The summed E-state index contributed by atoms with van der Waals surface area (Å²) in [5.41, 5.74) is 2.08. The quantitative estimate of drug-likeness (QED) is 0.316. The number of nitro benzene ring substituents is 1. The summed E-state index contributed by atoms with van der Waals surface area (Å²) in [4.78, 5) is 23.1. The number of fused-ring (bicyclic) bond motifs is 1. The zero-order valence-corrected chi connectivity index (χ0v) is 15.0. The van der Waals surface area contributed by atoms with Gasteiger partial charge in [0.05, 0.1) is 4.92 Å². The minimum absolute atomic E-state index is 0.0245. The maximum Gasteiger partial charge on any atom is 0.270 e. The molecule has 4 aromatic rings. The lowest BCUT2D eigenvalue weighted by Crippen LogP contribution is -2.07. The van der Waals surface area contributed by atoms with Crippen molar-refractivity contribution in [2.24, 2.45) is 0 Å². The molecular formula is C18H12N6O3S. The number of carbonyl (C=O) groups excluding carboxylic acids is 1. The van der Waals surface area contributed by atoms with Crippen LogP contribution < -0.4 is 5.32 Å². The number of benzene rings is 2. The van der Waals surface area contributed by atoms with E-state index in [0.29, 0.717) is 16.2 Å². The third-order valence-corrected chi connectivity index (χ3v) is 4.76. The van der Waals surface area contributed by atoms with Gasteiger partial charge in [-0.3, -0.25) is 14.9 Å². The van der Waals surface area contributed by atoms with E-state index in [1.165, 1.54) is 41.9 Å². The van der Waals surface area contributed by atoms with Crippen LogP contribution in [0.3, 0.4) is 0 Å².